The van der Waals surface area contributed by atoms with E-state index in [9.17, 15) is 4.79 Å². The molecule has 0 aromatic carbocycles. The average Bonchev–Trinajstić information content (AvgIpc) is 2.57. The van der Waals surface area contributed by atoms with Crippen LogP contribution in [0.4, 0.5) is 0 Å². The van der Waals surface area contributed by atoms with Crippen LogP contribution in [0.1, 0.15) is 0 Å². The fourth-order valence-electron chi connectivity index (χ4n) is 1.36. The van der Waals surface area contributed by atoms with E-state index in [0.717, 1.165) is 18.7 Å². The first-order valence-electron chi connectivity index (χ1n) is 4.72. The summed E-state index contributed by atoms with van der Waals surface area (Å²) in [5, 5.41) is 0. The molecule has 80 valence electrons. The first-order chi connectivity index (χ1) is 7.16. The van der Waals surface area contributed by atoms with Gasteiger partial charge in [0.05, 0.1) is 12.5 Å². The molecule has 2 aromatic heterocycles. The second-order valence-electron chi connectivity index (χ2n) is 3.66. The molecule has 0 aliphatic carbocycles. The zero-order valence-electron chi connectivity index (χ0n) is 8.77. The van der Waals surface area contributed by atoms with Gasteiger partial charge in [-0.25, -0.2) is 9.78 Å². The topological polar surface area (TPSA) is 66.8 Å². The molecule has 0 saturated carbocycles. The van der Waals surface area contributed by atoms with Crippen molar-refractivity contribution >= 4 is 11.2 Å². The van der Waals surface area contributed by atoms with E-state index in [1.165, 1.54) is 6.20 Å². The Morgan fingerprint density at radius 1 is 1.47 bits per heavy atom. The van der Waals surface area contributed by atoms with Gasteiger partial charge in [-0.3, -0.25) is 4.98 Å². The number of aromatic nitrogens is 4. The Labute approximate surface area is 86.6 Å². The lowest BCUT2D eigenvalue weighted by molar-refractivity contribution is 0.386. The molecule has 0 fully saturated rings. The summed E-state index contributed by atoms with van der Waals surface area (Å²) >= 11 is 0. The van der Waals surface area contributed by atoms with E-state index < -0.39 is 0 Å². The van der Waals surface area contributed by atoms with Crippen LogP contribution in [0.25, 0.3) is 11.2 Å². The number of aromatic amines is 1. The number of nitrogens with one attached hydrogen (secondary N) is 1. The van der Waals surface area contributed by atoms with E-state index in [2.05, 4.69) is 19.9 Å². The van der Waals surface area contributed by atoms with Crippen molar-refractivity contribution in [2.75, 3.05) is 20.6 Å². The van der Waals surface area contributed by atoms with Crippen LogP contribution in [-0.2, 0) is 6.54 Å². The third-order valence-corrected chi connectivity index (χ3v) is 2.18. The number of imidazole rings is 1. The average molecular weight is 207 g/mol. The summed E-state index contributed by atoms with van der Waals surface area (Å²) in [7, 11) is 4.01. The second kappa shape index (κ2) is 3.82. The molecule has 15 heavy (non-hydrogen) atoms. The van der Waals surface area contributed by atoms with Crippen molar-refractivity contribution in [2.45, 2.75) is 6.54 Å². The summed E-state index contributed by atoms with van der Waals surface area (Å²) in [6.07, 6.45) is 3.20. The molecule has 0 bridgehead atoms. The highest BCUT2D eigenvalue weighted by atomic mass is 16.1. The van der Waals surface area contributed by atoms with Crippen molar-refractivity contribution in [3.63, 3.8) is 0 Å². The monoisotopic (exact) mass is 207 g/mol. The maximum absolute atomic E-state index is 11.1. The Kier molecular flexibility index (Phi) is 2.51. The summed E-state index contributed by atoms with van der Waals surface area (Å²) in [5.74, 6) is 0. The van der Waals surface area contributed by atoms with Crippen molar-refractivity contribution in [1.82, 2.24) is 24.4 Å². The summed E-state index contributed by atoms with van der Waals surface area (Å²) in [5.41, 5.74) is 1.11. The molecule has 0 amide bonds. The zero-order valence-corrected chi connectivity index (χ0v) is 8.77. The van der Waals surface area contributed by atoms with Crippen molar-refractivity contribution in [1.29, 1.82) is 0 Å². The number of likely N-dealkylation sites (N-methyl/N-ethyl adjacent to an activating group) is 1. The van der Waals surface area contributed by atoms with Gasteiger partial charge in [-0.15, -0.1) is 0 Å². The summed E-state index contributed by atoms with van der Waals surface area (Å²) in [6, 6.07) is 0. The molecule has 0 saturated heterocycles. The third-order valence-electron chi connectivity index (χ3n) is 2.18. The van der Waals surface area contributed by atoms with Gasteiger partial charge in [0.15, 0.2) is 0 Å². The normalized spacial score (nSPS) is 11.4. The molecule has 6 heteroatoms. The van der Waals surface area contributed by atoms with Crippen LogP contribution in [0.5, 0.6) is 0 Å². The van der Waals surface area contributed by atoms with Crippen LogP contribution in [-0.4, -0.2) is 45.1 Å². The Bertz CT molecular complexity index is 512. The van der Waals surface area contributed by atoms with Crippen LogP contribution < -0.4 is 5.69 Å². The van der Waals surface area contributed by atoms with Gasteiger partial charge in [-0.1, -0.05) is 0 Å². The van der Waals surface area contributed by atoms with Crippen molar-refractivity contribution in [3.05, 3.63) is 23.0 Å². The molecule has 0 atom stereocenters. The van der Waals surface area contributed by atoms with Gasteiger partial charge in [0.1, 0.15) is 11.2 Å². The molecular formula is C9H13N5O. The SMILES string of the molecule is CN(C)CCn1cnc2cnc(=O)[nH]c21. The first-order valence-corrected chi connectivity index (χ1v) is 4.72. The van der Waals surface area contributed by atoms with E-state index in [0.29, 0.717) is 5.52 Å². The van der Waals surface area contributed by atoms with E-state index in [-0.39, 0.29) is 5.69 Å². The number of fused-ring (bicyclic) bond motifs is 1. The lowest BCUT2D eigenvalue weighted by Gasteiger charge is -2.09. The van der Waals surface area contributed by atoms with Crippen LogP contribution in [0.15, 0.2) is 17.3 Å². The number of H-pyrrole nitrogens is 1. The van der Waals surface area contributed by atoms with Gasteiger partial charge in [0.2, 0.25) is 0 Å². The predicted octanol–water partition coefficient (Wildman–Crippen LogP) is -0.319. The minimum atomic E-state index is -0.339. The first kappa shape index (κ1) is 9.85. The Morgan fingerprint density at radius 2 is 2.27 bits per heavy atom. The van der Waals surface area contributed by atoms with Crippen molar-refractivity contribution < 1.29 is 0 Å². The predicted molar refractivity (Wildman–Crippen MR) is 56.7 cm³/mol. The van der Waals surface area contributed by atoms with Crippen LogP contribution in [0, 0.1) is 0 Å². The summed E-state index contributed by atoms with van der Waals surface area (Å²) in [4.78, 5) is 23.6. The molecule has 0 radical (unpaired) electrons. The third kappa shape index (κ3) is 2.04. The van der Waals surface area contributed by atoms with Crippen molar-refractivity contribution in [2.24, 2.45) is 0 Å². The maximum atomic E-state index is 11.1. The van der Waals surface area contributed by atoms with Gasteiger partial charge in [-0.05, 0) is 14.1 Å². The Morgan fingerprint density at radius 3 is 3.00 bits per heavy atom. The number of hydrogen-bond donors (Lipinski definition) is 1. The zero-order chi connectivity index (χ0) is 10.8. The largest absolute Gasteiger partial charge is 0.346 e. The van der Waals surface area contributed by atoms with Gasteiger partial charge in [0, 0.05) is 13.1 Å². The van der Waals surface area contributed by atoms with Crippen LogP contribution >= 0.6 is 0 Å². The highest BCUT2D eigenvalue weighted by Crippen LogP contribution is 2.05. The van der Waals surface area contributed by atoms with Gasteiger partial charge >= 0.3 is 5.69 Å². The molecule has 0 spiro atoms. The maximum Gasteiger partial charge on any atom is 0.346 e. The molecule has 0 unspecified atom stereocenters. The van der Waals surface area contributed by atoms with E-state index >= 15 is 0 Å². The number of hydrogen-bond acceptors (Lipinski definition) is 4. The smallest absolute Gasteiger partial charge is 0.315 e. The van der Waals surface area contributed by atoms with Crippen LogP contribution in [0.3, 0.4) is 0 Å². The molecule has 0 aliphatic rings. The molecule has 2 aromatic rings. The quantitative estimate of drug-likeness (QED) is 0.749. The van der Waals surface area contributed by atoms with E-state index in [4.69, 9.17) is 0 Å². The molecule has 2 heterocycles. The molecule has 2 rings (SSSR count). The highest BCUT2D eigenvalue weighted by Gasteiger charge is 2.03. The Hall–Kier alpha value is -1.69. The minimum Gasteiger partial charge on any atom is -0.315 e. The molecule has 1 N–H and O–H groups in total. The number of rotatable bonds is 3. The molecular weight excluding hydrogens is 194 g/mol. The van der Waals surface area contributed by atoms with Gasteiger partial charge in [-0.2, -0.15) is 4.98 Å². The highest BCUT2D eigenvalue weighted by molar-refractivity contribution is 5.68. The summed E-state index contributed by atoms with van der Waals surface area (Å²) < 4.78 is 1.92. The molecule has 0 aliphatic heterocycles. The molecule has 6 nitrogen and oxygen atoms in total. The minimum absolute atomic E-state index is 0.339. The van der Waals surface area contributed by atoms with E-state index in [1.54, 1.807) is 6.33 Å². The number of nitrogens with zero attached hydrogens (tertiary/aromatic N) is 4. The van der Waals surface area contributed by atoms with E-state index in [1.807, 2.05) is 18.7 Å². The summed E-state index contributed by atoms with van der Waals surface area (Å²) in [6.45, 7) is 1.69. The van der Waals surface area contributed by atoms with Gasteiger partial charge in [0.25, 0.3) is 0 Å². The Balaban J connectivity index is 2.35. The van der Waals surface area contributed by atoms with Crippen molar-refractivity contribution in [3.8, 4) is 0 Å². The van der Waals surface area contributed by atoms with Crippen LogP contribution in [0.2, 0.25) is 0 Å². The lowest BCUT2D eigenvalue weighted by Crippen LogP contribution is -2.19. The fraction of sp³-hybridized carbons (Fsp3) is 0.444. The van der Waals surface area contributed by atoms with Gasteiger partial charge < -0.3 is 9.47 Å². The standard InChI is InChI=1S/C9H13N5O/c1-13(2)3-4-14-6-11-7-5-10-9(15)12-8(7)14/h5-6H,3-4H2,1-2H3,(H,10,12,15). The lowest BCUT2D eigenvalue weighted by atomic mass is 10.5. The second-order valence-corrected chi connectivity index (χ2v) is 3.66. The fourth-order valence-corrected chi connectivity index (χ4v) is 1.36.